The topological polar surface area (TPSA) is 83.0 Å². The molecule has 1 aliphatic rings. The zero-order chi connectivity index (χ0) is 15.7. The second-order valence-corrected chi connectivity index (χ2v) is 6.55. The average Bonchev–Trinajstić information content (AvgIpc) is 3.11. The van der Waals surface area contributed by atoms with Crippen molar-refractivity contribution in [3.63, 3.8) is 0 Å². The van der Waals surface area contributed by atoms with Gasteiger partial charge in [0.05, 0.1) is 10.6 Å². The Morgan fingerprint density at radius 2 is 2.14 bits per heavy atom. The number of hydrogen-bond donors (Lipinski definition) is 1. The molecule has 0 radical (unpaired) electrons. The van der Waals surface area contributed by atoms with E-state index in [4.69, 9.17) is 11.0 Å². The highest BCUT2D eigenvalue weighted by molar-refractivity contribution is 7.17. The summed E-state index contributed by atoms with van der Waals surface area (Å²) in [5, 5.41) is 9.44. The Balaban J connectivity index is 2.07. The number of nitriles is 1. The van der Waals surface area contributed by atoms with Crippen LogP contribution in [0.3, 0.4) is 0 Å². The van der Waals surface area contributed by atoms with Gasteiger partial charge in [0.2, 0.25) is 0 Å². The number of amides is 1. The molecule has 2 N–H and O–H groups in total. The maximum atomic E-state index is 11.5. The van der Waals surface area contributed by atoms with Gasteiger partial charge in [-0.15, -0.1) is 11.3 Å². The summed E-state index contributed by atoms with van der Waals surface area (Å²) in [4.78, 5) is 18.7. The maximum absolute atomic E-state index is 11.5. The Labute approximate surface area is 133 Å². The Bertz CT molecular complexity index is 734. The molecule has 3 rings (SSSR count). The van der Waals surface area contributed by atoms with Crippen LogP contribution in [0.4, 0.5) is 0 Å². The fraction of sp³-hybridized carbons (Fsp3) is 0.312. The van der Waals surface area contributed by atoms with Crippen LogP contribution in [0.5, 0.6) is 0 Å². The molecule has 1 aromatic carbocycles. The monoisotopic (exact) mass is 312 g/mol. The zero-order valence-corrected chi connectivity index (χ0v) is 13.0. The normalized spacial score (nSPS) is 20.8. The van der Waals surface area contributed by atoms with Gasteiger partial charge in [0.1, 0.15) is 0 Å². The van der Waals surface area contributed by atoms with Gasteiger partial charge in [0, 0.05) is 19.0 Å². The molecule has 0 aliphatic carbocycles. The lowest BCUT2D eigenvalue weighted by Gasteiger charge is -2.13. The van der Waals surface area contributed by atoms with Crippen LogP contribution in [0.1, 0.15) is 28.3 Å². The van der Waals surface area contributed by atoms with E-state index >= 15 is 0 Å². The predicted molar refractivity (Wildman–Crippen MR) is 85.2 cm³/mol. The fourth-order valence-electron chi connectivity index (χ4n) is 2.89. The van der Waals surface area contributed by atoms with Crippen LogP contribution in [0.2, 0.25) is 0 Å². The minimum absolute atomic E-state index is 0.138. The number of carbonyl (C=O) groups is 1. The van der Waals surface area contributed by atoms with Gasteiger partial charge >= 0.3 is 0 Å². The average molecular weight is 312 g/mol. The lowest BCUT2D eigenvalue weighted by Crippen LogP contribution is -2.14. The maximum Gasteiger partial charge on any atom is 0.277 e. The minimum Gasteiger partial charge on any atom is -0.364 e. The molecule has 1 saturated heterocycles. The van der Waals surface area contributed by atoms with Crippen molar-refractivity contribution in [1.29, 1.82) is 5.26 Å². The van der Waals surface area contributed by atoms with Crippen molar-refractivity contribution in [2.24, 2.45) is 11.7 Å². The van der Waals surface area contributed by atoms with Crippen molar-refractivity contribution >= 4 is 17.2 Å². The van der Waals surface area contributed by atoms with E-state index in [-0.39, 0.29) is 5.92 Å². The highest BCUT2D eigenvalue weighted by Crippen LogP contribution is 2.40. The van der Waals surface area contributed by atoms with Gasteiger partial charge in [0.25, 0.3) is 5.91 Å². The molecule has 2 aromatic rings. The third-order valence-corrected chi connectivity index (χ3v) is 5.14. The van der Waals surface area contributed by atoms with E-state index < -0.39 is 5.91 Å². The number of nitrogens with zero attached hydrogens (tertiary/aromatic N) is 3. The van der Waals surface area contributed by atoms with E-state index in [2.05, 4.69) is 18.1 Å². The van der Waals surface area contributed by atoms with Crippen LogP contribution in [0, 0.1) is 17.4 Å². The van der Waals surface area contributed by atoms with E-state index in [0.717, 1.165) is 22.7 Å². The van der Waals surface area contributed by atoms with Crippen LogP contribution in [-0.4, -0.2) is 28.9 Å². The van der Waals surface area contributed by atoms with Crippen molar-refractivity contribution < 1.29 is 4.79 Å². The quantitative estimate of drug-likeness (QED) is 0.882. The first kappa shape index (κ1) is 14.5. The van der Waals surface area contributed by atoms with Crippen LogP contribution in [-0.2, 0) is 0 Å². The molecule has 2 heterocycles. The highest BCUT2D eigenvalue weighted by atomic mass is 32.1. The molecule has 1 aromatic heterocycles. The molecule has 0 spiro atoms. The number of benzene rings is 1. The van der Waals surface area contributed by atoms with Crippen molar-refractivity contribution in [2.75, 3.05) is 13.1 Å². The lowest BCUT2D eigenvalue weighted by molar-refractivity contribution is 0.0999. The molecule has 1 aliphatic heterocycles. The summed E-state index contributed by atoms with van der Waals surface area (Å²) in [6.07, 6.45) is 2.20. The minimum atomic E-state index is -0.503. The number of hydrogen-bond acceptors (Lipinski definition) is 5. The fourth-order valence-corrected chi connectivity index (χ4v) is 3.88. The molecule has 2 atom stereocenters. The van der Waals surface area contributed by atoms with E-state index in [1.54, 1.807) is 4.90 Å². The highest BCUT2D eigenvalue weighted by Gasteiger charge is 2.34. The van der Waals surface area contributed by atoms with E-state index in [1.807, 2.05) is 30.3 Å². The summed E-state index contributed by atoms with van der Waals surface area (Å²) in [5.74, 6) is -0.0552. The van der Waals surface area contributed by atoms with Crippen LogP contribution < -0.4 is 5.73 Å². The summed E-state index contributed by atoms with van der Waals surface area (Å²) in [6, 6.07) is 9.88. The number of thiazole rings is 1. The third-order valence-electron chi connectivity index (χ3n) is 4.01. The number of nitrogens with two attached hydrogens (primary N) is 1. The molecule has 5 nitrogen and oxygen atoms in total. The first-order chi connectivity index (χ1) is 10.6. The van der Waals surface area contributed by atoms with Crippen molar-refractivity contribution in [1.82, 2.24) is 9.88 Å². The molecule has 6 heteroatoms. The number of primary amides is 1. The first-order valence-electron chi connectivity index (χ1n) is 7.10. The lowest BCUT2D eigenvalue weighted by atomic mass is 9.92. The Hall–Kier alpha value is -2.39. The SMILES string of the molecule is C[C@@H]1CN(C#N)C[C@H]1c1nc(C(N)=O)sc1-c1ccccc1. The largest absolute Gasteiger partial charge is 0.364 e. The van der Waals surface area contributed by atoms with Gasteiger partial charge in [-0.3, -0.25) is 4.79 Å². The Kier molecular flexibility index (Phi) is 3.82. The van der Waals surface area contributed by atoms with Crippen molar-refractivity contribution in [3.8, 4) is 16.6 Å². The number of aromatic nitrogens is 1. The van der Waals surface area contributed by atoms with Gasteiger partial charge in [-0.05, 0) is 11.5 Å². The molecule has 1 amide bonds. The van der Waals surface area contributed by atoms with E-state index in [9.17, 15) is 4.79 Å². The van der Waals surface area contributed by atoms with E-state index in [1.165, 1.54) is 11.3 Å². The molecular formula is C16H16N4OS. The van der Waals surface area contributed by atoms with Gasteiger partial charge in [0.15, 0.2) is 11.2 Å². The third kappa shape index (κ3) is 2.55. The van der Waals surface area contributed by atoms with Crippen LogP contribution in [0.15, 0.2) is 30.3 Å². The molecule has 1 fully saturated rings. The summed E-state index contributed by atoms with van der Waals surface area (Å²) < 4.78 is 0. The summed E-state index contributed by atoms with van der Waals surface area (Å²) >= 11 is 1.33. The van der Waals surface area contributed by atoms with Gasteiger partial charge < -0.3 is 10.6 Å². The van der Waals surface area contributed by atoms with E-state index in [0.29, 0.717) is 17.5 Å². The second-order valence-electron chi connectivity index (χ2n) is 5.55. The molecule has 0 saturated carbocycles. The van der Waals surface area contributed by atoms with Gasteiger partial charge in [-0.1, -0.05) is 37.3 Å². The molecule has 112 valence electrons. The smallest absolute Gasteiger partial charge is 0.277 e. The van der Waals surface area contributed by atoms with Gasteiger partial charge in [-0.2, -0.15) is 5.26 Å². The Morgan fingerprint density at radius 1 is 1.41 bits per heavy atom. The molecule has 0 unspecified atom stereocenters. The predicted octanol–water partition coefficient (Wildman–Crippen LogP) is 2.43. The van der Waals surface area contributed by atoms with Gasteiger partial charge in [-0.25, -0.2) is 4.98 Å². The number of carbonyl (C=O) groups excluding carboxylic acids is 1. The second kappa shape index (κ2) is 5.78. The molecule has 22 heavy (non-hydrogen) atoms. The zero-order valence-electron chi connectivity index (χ0n) is 12.2. The standard InChI is InChI=1S/C16H16N4OS/c1-10-7-20(9-17)8-12(10)13-14(11-5-3-2-4-6-11)22-16(19-13)15(18)21/h2-6,10,12H,7-8H2,1H3,(H2,18,21)/t10-,12-/m1/s1. The molecular weight excluding hydrogens is 296 g/mol. The summed E-state index contributed by atoms with van der Waals surface area (Å²) in [7, 11) is 0. The van der Waals surface area contributed by atoms with Crippen molar-refractivity contribution in [2.45, 2.75) is 12.8 Å². The summed E-state index contributed by atoms with van der Waals surface area (Å²) in [5.41, 5.74) is 7.32. The Morgan fingerprint density at radius 3 is 2.73 bits per heavy atom. The number of likely N-dealkylation sites (tertiary alicyclic amines) is 1. The number of rotatable bonds is 3. The van der Waals surface area contributed by atoms with Crippen molar-refractivity contribution in [3.05, 3.63) is 41.0 Å². The molecule has 0 bridgehead atoms. The van der Waals surface area contributed by atoms with Crippen LogP contribution in [0.25, 0.3) is 10.4 Å². The van der Waals surface area contributed by atoms with Crippen LogP contribution >= 0.6 is 11.3 Å². The summed E-state index contributed by atoms with van der Waals surface area (Å²) in [6.45, 7) is 3.47. The first-order valence-corrected chi connectivity index (χ1v) is 7.92.